The Balaban J connectivity index is 1.66. The fourth-order valence-electron chi connectivity index (χ4n) is 1.65. The second kappa shape index (κ2) is 5.75. The zero-order chi connectivity index (χ0) is 13.8. The zero-order valence-electron chi connectivity index (χ0n) is 10.8. The van der Waals surface area contributed by atoms with E-state index in [1.807, 2.05) is 35.7 Å². The average Bonchev–Trinajstić information content (AvgIpc) is 3.16. The summed E-state index contributed by atoms with van der Waals surface area (Å²) >= 11 is 1.56. The van der Waals surface area contributed by atoms with Gasteiger partial charge in [0.15, 0.2) is 6.61 Å². The molecule has 2 heterocycles. The van der Waals surface area contributed by atoms with E-state index in [4.69, 9.17) is 13.9 Å². The molecule has 5 nitrogen and oxygen atoms in total. The number of thiophene rings is 1. The van der Waals surface area contributed by atoms with E-state index in [-0.39, 0.29) is 6.61 Å². The van der Waals surface area contributed by atoms with Crippen LogP contribution in [0.1, 0.15) is 5.89 Å². The van der Waals surface area contributed by atoms with E-state index in [1.54, 1.807) is 24.5 Å². The third kappa shape index (κ3) is 2.80. The van der Waals surface area contributed by atoms with Gasteiger partial charge in [-0.2, -0.15) is 0 Å². The average molecular weight is 288 g/mol. The van der Waals surface area contributed by atoms with Crippen molar-refractivity contribution in [3.8, 4) is 22.3 Å². The van der Waals surface area contributed by atoms with Crippen LogP contribution < -0.4 is 9.47 Å². The lowest BCUT2D eigenvalue weighted by Crippen LogP contribution is -1.96. The summed E-state index contributed by atoms with van der Waals surface area (Å²) in [6.07, 6.45) is 0. The minimum atomic E-state index is 0.228. The summed E-state index contributed by atoms with van der Waals surface area (Å²) in [7, 11) is 1.62. The number of hydrogen-bond acceptors (Lipinski definition) is 6. The molecule has 20 heavy (non-hydrogen) atoms. The second-order valence-corrected chi connectivity index (χ2v) is 4.89. The highest BCUT2D eigenvalue weighted by Gasteiger charge is 2.09. The molecule has 0 N–H and O–H groups in total. The van der Waals surface area contributed by atoms with Gasteiger partial charge in [0.25, 0.3) is 11.8 Å². The van der Waals surface area contributed by atoms with Crippen LogP contribution in [-0.4, -0.2) is 17.3 Å². The van der Waals surface area contributed by atoms with Crippen LogP contribution in [0.4, 0.5) is 0 Å². The molecule has 0 unspecified atom stereocenters. The first-order valence-corrected chi connectivity index (χ1v) is 6.86. The van der Waals surface area contributed by atoms with Gasteiger partial charge in [-0.3, -0.25) is 0 Å². The van der Waals surface area contributed by atoms with Crippen LogP contribution in [0.3, 0.4) is 0 Å². The number of methoxy groups -OCH3 is 1. The number of rotatable bonds is 5. The number of hydrogen-bond donors (Lipinski definition) is 0. The maximum absolute atomic E-state index is 5.59. The van der Waals surface area contributed by atoms with Crippen molar-refractivity contribution in [1.82, 2.24) is 10.2 Å². The summed E-state index contributed by atoms with van der Waals surface area (Å²) in [4.78, 5) is 0.949. The molecule has 0 atom stereocenters. The SMILES string of the molecule is COc1cccc(OCc2nnc(-c3cccs3)o2)c1. The van der Waals surface area contributed by atoms with Crippen molar-refractivity contribution in [2.45, 2.75) is 6.61 Å². The monoisotopic (exact) mass is 288 g/mol. The fraction of sp³-hybridized carbons (Fsp3) is 0.143. The zero-order valence-corrected chi connectivity index (χ0v) is 11.6. The summed E-state index contributed by atoms with van der Waals surface area (Å²) in [5.41, 5.74) is 0. The fourth-order valence-corrected chi connectivity index (χ4v) is 2.29. The van der Waals surface area contributed by atoms with Crippen molar-refractivity contribution in [2.75, 3.05) is 7.11 Å². The topological polar surface area (TPSA) is 57.4 Å². The normalized spacial score (nSPS) is 10.4. The molecule has 3 rings (SSSR count). The van der Waals surface area contributed by atoms with Crippen LogP contribution in [0.5, 0.6) is 11.5 Å². The molecule has 0 amide bonds. The van der Waals surface area contributed by atoms with E-state index in [0.717, 1.165) is 10.6 Å². The van der Waals surface area contributed by atoms with E-state index >= 15 is 0 Å². The van der Waals surface area contributed by atoms with Crippen LogP contribution in [0, 0.1) is 0 Å². The molecule has 0 aliphatic rings. The number of aromatic nitrogens is 2. The first-order valence-electron chi connectivity index (χ1n) is 5.98. The van der Waals surface area contributed by atoms with Gasteiger partial charge in [-0.15, -0.1) is 21.5 Å². The first-order chi connectivity index (χ1) is 9.85. The highest BCUT2D eigenvalue weighted by Crippen LogP contribution is 2.24. The Hall–Kier alpha value is -2.34. The van der Waals surface area contributed by atoms with Crippen molar-refractivity contribution in [3.05, 3.63) is 47.7 Å². The minimum absolute atomic E-state index is 0.228. The van der Waals surface area contributed by atoms with E-state index in [9.17, 15) is 0 Å². The first kappa shape index (κ1) is 12.7. The van der Waals surface area contributed by atoms with E-state index in [0.29, 0.717) is 17.5 Å². The Morgan fingerprint density at radius 3 is 2.85 bits per heavy atom. The predicted molar refractivity (Wildman–Crippen MR) is 74.9 cm³/mol. The molecular weight excluding hydrogens is 276 g/mol. The molecule has 6 heteroatoms. The van der Waals surface area contributed by atoms with Crippen LogP contribution in [0.2, 0.25) is 0 Å². The van der Waals surface area contributed by atoms with Gasteiger partial charge in [0.05, 0.1) is 12.0 Å². The highest BCUT2D eigenvalue weighted by atomic mass is 32.1. The summed E-state index contributed by atoms with van der Waals surface area (Å²) in [5.74, 6) is 2.40. The lowest BCUT2D eigenvalue weighted by Gasteiger charge is -2.05. The molecule has 0 radical (unpaired) electrons. The summed E-state index contributed by atoms with van der Waals surface area (Å²) in [6.45, 7) is 0.228. The Morgan fingerprint density at radius 2 is 2.05 bits per heavy atom. The molecule has 2 aromatic heterocycles. The molecule has 0 saturated heterocycles. The standard InChI is InChI=1S/C14H12N2O3S/c1-17-10-4-2-5-11(8-10)18-9-13-15-16-14(19-13)12-6-3-7-20-12/h2-8H,9H2,1H3. The molecule has 0 aliphatic heterocycles. The van der Waals surface area contributed by atoms with Gasteiger partial charge in [0.1, 0.15) is 11.5 Å². The molecule has 1 aromatic carbocycles. The van der Waals surface area contributed by atoms with Gasteiger partial charge < -0.3 is 13.9 Å². The van der Waals surface area contributed by atoms with Crippen molar-refractivity contribution >= 4 is 11.3 Å². The number of ether oxygens (including phenoxy) is 2. The molecule has 0 fully saturated rings. The quantitative estimate of drug-likeness (QED) is 0.720. The Bertz CT molecular complexity index is 679. The van der Waals surface area contributed by atoms with E-state index < -0.39 is 0 Å². The highest BCUT2D eigenvalue weighted by molar-refractivity contribution is 7.13. The van der Waals surface area contributed by atoms with Gasteiger partial charge in [-0.05, 0) is 23.6 Å². The second-order valence-electron chi connectivity index (χ2n) is 3.95. The van der Waals surface area contributed by atoms with Crippen molar-refractivity contribution in [3.63, 3.8) is 0 Å². The van der Waals surface area contributed by atoms with E-state index in [1.165, 1.54) is 0 Å². The van der Waals surface area contributed by atoms with Gasteiger partial charge in [-0.1, -0.05) is 12.1 Å². The lowest BCUT2D eigenvalue weighted by molar-refractivity contribution is 0.263. The third-order valence-electron chi connectivity index (χ3n) is 2.60. The Morgan fingerprint density at radius 1 is 1.15 bits per heavy atom. The molecule has 0 bridgehead atoms. The largest absolute Gasteiger partial charge is 0.497 e. The van der Waals surface area contributed by atoms with Crippen LogP contribution >= 0.6 is 11.3 Å². The number of nitrogens with zero attached hydrogens (tertiary/aromatic N) is 2. The van der Waals surface area contributed by atoms with Gasteiger partial charge in [-0.25, -0.2) is 0 Å². The summed E-state index contributed by atoms with van der Waals surface area (Å²) in [6, 6.07) is 11.2. The summed E-state index contributed by atoms with van der Waals surface area (Å²) in [5, 5.41) is 9.92. The van der Waals surface area contributed by atoms with Crippen LogP contribution in [0.25, 0.3) is 10.8 Å². The van der Waals surface area contributed by atoms with Gasteiger partial charge in [0.2, 0.25) is 0 Å². The number of benzene rings is 1. The van der Waals surface area contributed by atoms with Crippen molar-refractivity contribution in [2.24, 2.45) is 0 Å². The third-order valence-corrected chi connectivity index (χ3v) is 3.46. The Kier molecular flexibility index (Phi) is 3.64. The molecule has 0 aliphatic carbocycles. The van der Waals surface area contributed by atoms with E-state index in [2.05, 4.69) is 10.2 Å². The maximum Gasteiger partial charge on any atom is 0.257 e. The molecule has 3 aromatic rings. The van der Waals surface area contributed by atoms with Crippen molar-refractivity contribution in [1.29, 1.82) is 0 Å². The van der Waals surface area contributed by atoms with Gasteiger partial charge in [0, 0.05) is 6.07 Å². The van der Waals surface area contributed by atoms with Crippen molar-refractivity contribution < 1.29 is 13.9 Å². The molecular formula is C14H12N2O3S. The predicted octanol–water partition coefficient (Wildman–Crippen LogP) is 3.39. The van der Waals surface area contributed by atoms with Crippen LogP contribution in [0.15, 0.2) is 46.2 Å². The molecule has 102 valence electrons. The summed E-state index contributed by atoms with van der Waals surface area (Å²) < 4.78 is 16.3. The molecule has 0 spiro atoms. The smallest absolute Gasteiger partial charge is 0.257 e. The maximum atomic E-state index is 5.59. The van der Waals surface area contributed by atoms with Crippen LogP contribution in [-0.2, 0) is 6.61 Å². The molecule has 0 saturated carbocycles. The Labute approximate surface area is 119 Å². The minimum Gasteiger partial charge on any atom is -0.497 e. The van der Waals surface area contributed by atoms with Gasteiger partial charge >= 0.3 is 0 Å². The lowest BCUT2D eigenvalue weighted by atomic mass is 10.3.